The van der Waals surface area contributed by atoms with Gasteiger partial charge in [-0.1, -0.05) is 30.3 Å². The lowest BCUT2D eigenvalue weighted by Crippen LogP contribution is -2.15. The number of aryl methyl sites for hydroxylation is 1. The maximum absolute atomic E-state index is 11.1. The van der Waals surface area contributed by atoms with E-state index in [2.05, 4.69) is 29.6 Å². The summed E-state index contributed by atoms with van der Waals surface area (Å²) >= 11 is 0. The van der Waals surface area contributed by atoms with E-state index in [1.807, 2.05) is 13.0 Å². The van der Waals surface area contributed by atoms with Gasteiger partial charge in [-0.2, -0.15) is 0 Å². The Morgan fingerprint density at radius 2 is 1.90 bits per heavy atom. The molecule has 0 unspecified atom stereocenters. The molecule has 1 aliphatic carbocycles. The van der Waals surface area contributed by atoms with Gasteiger partial charge in [-0.05, 0) is 54.2 Å². The summed E-state index contributed by atoms with van der Waals surface area (Å²) in [6.45, 7) is 2.91. The molecule has 3 nitrogen and oxygen atoms in total. The Kier molecular flexibility index (Phi) is 3.76. The Morgan fingerprint density at radius 3 is 2.52 bits per heavy atom. The van der Waals surface area contributed by atoms with Crippen LogP contribution in [0.2, 0.25) is 0 Å². The summed E-state index contributed by atoms with van der Waals surface area (Å²) in [5, 5.41) is 12.6. The normalized spacial score (nSPS) is 14.1. The monoisotopic (exact) mass is 281 g/mol. The van der Waals surface area contributed by atoms with Crippen LogP contribution in [0.15, 0.2) is 42.5 Å². The molecule has 0 bridgehead atoms. The molecule has 0 atom stereocenters. The molecule has 0 amide bonds. The number of hydrogen-bond donors (Lipinski definition) is 2. The largest absolute Gasteiger partial charge is 0.478 e. The highest BCUT2D eigenvalue weighted by Crippen LogP contribution is 2.25. The molecule has 21 heavy (non-hydrogen) atoms. The number of carboxylic acids is 1. The molecule has 3 heteroatoms. The summed E-state index contributed by atoms with van der Waals surface area (Å²) in [6.07, 6.45) is 2.58. The Bertz CT molecular complexity index is 657. The first kappa shape index (κ1) is 13.8. The van der Waals surface area contributed by atoms with Crippen molar-refractivity contribution in [3.63, 3.8) is 0 Å². The van der Waals surface area contributed by atoms with Crippen LogP contribution in [-0.4, -0.2) is 17.1 Å². The Morgan fingerprint density at radius 1 is 1.19 bits per heavy atom. The zero-order chi connectivity index (χ0) is 14.8. The van der Waals surface area contributed by atoms with Crippen molar-refractivity contribution in [2.75, 3.05) is 0 Å². The van der Waals surface area contributed by atoms with E-state index in [0.29, 0.717) is 11.6 Å². The maximum atomic E-state index is 11.1. The minimum absolute atomic E-state index is 0.329. The molecular formula is C18H19NO2. The number of carboxylic acid groups (broad SMARTS) is 1. The minimum Gasteiger partial charge on any atom is -0.478 e. The van der Waals surface area contributed by atoms with Crippen LogP contribution >= 0.6 is 0 Å². The molecule has 1 aliphatic rings. The van der Waals surface area contributed by atoms with Crippen molar-refractivity contribution in [3.05, 3.63) is 59.2 Å². The van der Waals surface area contributed by atoms with Crippen LogP contribution in [0.1, 0.15) is 34.3 Å². The number of rotatable bonds is 5. The molecule has 0 saturated heterocycles. The van der Waals surface area contributed by atoms with Crippen molar-refractivity contribution < 1.29 is 9.90 Å². The van der Waals surface area contributed by atoms with Gasteiger partial charge in [-0.3, -0.25) is 0 Å². The second-order valence-corrected chi connectivity index (χ2v) is 5.69. The molecule has 0 aromatic heterocycles. The number of nitrogens with one attached hydrogen (secondary N) is 1. The van der Waals surface area contributed by atoms with Crippen molar-refractivity contribution in [2.45, 2.75) is 32.4 Å². The van der Waals surface area contributed by atoms with Crippen molar-refractivity contribution in [2.24, 2.45) is 0 Å². The Hall–Kier alpha value is -2.13. The quantitative estimate of drug-likeness (QED) is 0.880. The summed E-state index contributed by atoms with van der Waals surface area (Å²) in [7, 11) is 0. The van der Waals surface area contributed by atoms with Gasteiger partial charge < -0.3 is 10.4 Å². The van der Waals surface area contributed by atoms with Gasteiger partial charge in [-0.25, -0.2) is 4.79 Å². The van der Waals surface area contributed by atoms with E-state index in [-0.39, 0.29) is 0 Å². The lowest BCUT2D eigenvalue weighted by molar-refractivity contribution is 0.0697. The third-order valence-corrected chi connectivity index (χ3v) is 3.92. The molecule has 3 rings (SSSR count). The van der Waals surface area contributed by atoms with Crippen molar-refractivity contribution >= 4 is 5.97 Å². The highest BCUT2D eigenvalue weighted by atomic mass is 16.4. The summed E-state index contributed by atoms with van der Waals surface area (Å²) in [5.41, 5.74) is 4.72. The van der Waals surface area contributed by atoms with Crippen LogP contribution in [0.25, 0.3) is 11.1 Å². The fourth-order valence-electron chi connectivity index (χ4n) is 2.42. The van der Waals surface area contributed by atoms with Crippen LogP contribution in [0, 0.1) is 6.92 Å². The van der Waals surface area contributed by atoms with Crippen LogP contribution in [0.5, 0.6) is 0 Å². The number of hydrogen-bond acceptors (Lipinski definition) is 2. The molecule has 1 saturated carbocycles. The van der Waals surface area contributed by atoms with E-state index in [4.69, 9.17) is 5.11 Å². The van der Waals surface area contributed by atoms with Gasteiger partial charge in [0, 0.05) is 12.6 Å². The average Bonchev–Trinajstić information content (AvgIpc) is 3.30. The average molecular weight is 281 g/mol. The van der Waals surface area contributed by atoms with Crippen molar-refractivity contribution in [1.82, 2.24) is 5.32 Å². The van der Waals surface area contributed by atoms with E-state index in [1.165, 1.54) is 18.4 Å². The lowest BCUT2D eigenvalue weighted by Gasteiger charge is -2.09. The van der Waals surface area contributed by atoms with Crippen molar-refractivity contribution in [3.8, 4) is 11.1 Å². The van der Waals surface area contributed by atoms with Crippen LogP contribution in [0.4, 0.5) is 0 Å². The van der Waals surface area contributed by atoms with E-state index in [0.717, 1.165) is 23.2 Å². The highest BCUT2D eigenvalue weighted by Gasteiger charge is 2.19. The second-order valence-electron chi connectivity index (χ2n) is 5.69. The fraction of sp³-hybridized carbons (Fsp3) is 0.278. The number of aromatic carboxylic acids is 1. The molecule has 0 radical (unpaired) electrons. The van der Waals surface area contributed by atoms with E-state index < -0.39 is 5.97 Å². The maximum Gasteiger partial charge on any atom is 0.335 e. The van der Waals surface area contributed by atoms with Gasteiger partial charge in [0.1, 0.15) is 0 Å². The van der Waals surface area contributed by atoms with E-state index >= 15 is 0 Å². The van der Waals surface area contributed by atoms with Crippen molar-refractivity contribution in [1.29, 1.82) is 0 Å². The predicted molar refractivity (Wildman–Crippen MR) is 83.4 cm³/mol. The minimum atomic E-state index is -0.887. The summed E-state index contributed by atoms with van der Waals surface area (Å²) < 4.78 is 0. The summed E-state index contributed by atoms with van der Waals surface area (Å²) in [5.74, 6) is -0.887. The first-order chi connectivity index (χ1) is 10.1. The number of benzene rings is 2. The molecule has 2 N–H and O–H groups in total. The zero-order valence-corrected chi connectivity index (χ0v) is 12.1. The molecule has 0 spiro atoms. The fourth-order valence-corrected chi connectivity index (χ4v) is 2.42. The molecular weight excluding hydrogens is 262 g/mol. The predicted octanol–water partition coefficient (Wildman–Crippen LogP) is 3.61. The lowest BCUT2D eigenvalue weighted by atomic mass is 9.97. The van der Waals surface area contributed by atoms with Gasteiger partial charge >= 0.3 is 5.97 Å². The first-order valence-corrected chi connectivity index (χ1v) is 7.30. The summed E-state index contributed by atoms with van der Waals surface area (Å²) in [4.78, 5) is 11.1. The molecule has 2 aromatic carbocycles. The van der Waals surface area contributed by atoms with E-state index in [9.17, 15) is 4.79 Å². The van der Waals surface area contributed by atoms with Crippen LogP contribution in [-0.2, 0) is 6.54 Å². The Labute approximate surface area is 124 Å². The van der Waals surface area contributed by atoms with Gasteiger partial charge in [0.25, 0.3) is 0 Å². The molecule has 108 valence electrons. The first-order valence-electron chi connectivity index (χ1n) is 7.30. The SMILES string of the molecule is Cc1ccc(C(=O)O)cc1-c1ccc(CNC2CC2)cc1. The Balaban J connectivity index is 1.82. The van der Waals surface area contributed by atoms with Gasteiger partial charge in [-0.15, -0.1) is 0 Å². The molecule has 0 heterocycles. The molecule has 2 aromatic rings. The second kappa shape index (κ2) is 5.70. The standard InChI is InChI=1S/C18H19NO2/c1-12-2-5-15(18(20)21)10-17(12)14-6-3-13(4-7-14)11-19-16-8-9-16/h2-7,10,16,19H,8-9,11H2,1H3,(H,20,21). The van der Waals surface area contributed by atoms with Crippen LogP contribution < -0.4 is 5.32 Å². The topological polar surface area (TPSA) is 49.3 Å². The number of carbonyl (C=O) groups is 1. The smallest absolute Gasteiger partial charge is 0.335 e. The van der Waals surface area contributed by atoms with Gasteiger partial charge in [0.2, 0.25) is 0 Å². The third-order valence-electron chi connectivity index (χ3n) is 3.92. The zero-order valence-electron chi connectivity index (χ0n) is 12.1. The van der Waals surface area contributed by atoms with Crippen LogP contribution in [0.3, 0.4) is 0 Å². The van der Waals surface area contributed by atoms with Gasteiger partial charge in [0.05, 0.1) is 5.56 Å². The third kappa shape index (κ3) is 3.31. The van der Waals surface area contributed by atoms with E-state index in [1.54, 1.807) is 12.1 Å². The molecule has 0 aliphatic heterocycles. The molecule has 1 fully saturated rings. The highest BCUT2D eigenvalue weighted by molar-refractivity contribution is 5.90. The summed E-state index contributed by atoms with van der Waals surface area (Å²) in [6, 6.07) is 14.3. The van der Waals surface area contributed by atoms with Gasteiger partial charge in [0.15, 0.2) is 0 Å².